The summed E-state index contributed by atoms with van der Waals surface area (Å²) in [6.07, 6.45) is 1.82. The van der Waals surface area contributed by atoms with Crippen LogP contribution in [0.3, 0.4) is 0 Å². The number of methoxy groups -OCH3 is 2. The lowest BCUT2D eigenvalue weighted by Crippen LogP contribution is -2.20. The third kappa shape index (κ3) is 4.02. The first-order valence-electron chi connectivity index (χ1n) is 8.67. The van der Waals surface area contributed by atoms with E-state index in [1.807, 2.05) is 13.8 Å². The van der Waals surface area contributed by atoms with Crippen LogP contribution in [0.4, 0.5) is 8.78 Å². The highest BCUT2D eigenvalue weighted by Crippen LogP contribution is 2.38. The minimum absolute atomic E-state index is 0.334. The second-order valence-electron chi connectivity index (χ2n) is 5.53. The third-order valence-corrected chi connectivity index (χ3v) is 4.20. The van der Waals surface area contributed by atoms with Crippen LogP contribution >= 0.6 is 0 Å². The Balaban J connectivity index is 0.00000117. The Morgan fingerprint density at radius 2 is 1.38 bits per heavy atom. The number of hydrogen-bond donors (Lipinski definition) is 0. The van der Waals surface area contributed by atoms with Gasteiger partial charge in [-0.05, 0) is 23.8 Å². The van der Waals surface area contributed by atoms with E-state index in [1.54, 1.807) is 56.7 Å². The van der Waals surface area contributed by atoms with Gasteiger partial charge in [0.05, 0.1) is 13.2 Å². The van der Waals surface area contributed by atoms with Gasteiger partial charge in [0.2, 0.25) is 0 Å². The van der Waals surface area contributed by atoms with Gasteiger partial charge in [0.25, 0.3) is 0 Å². The van der Waals surface area contributed by atoms with Crippen molar-refractivity contribution in [3.8, 4) is 0 Å². The SMILES string of the molecule is CC.COC1=C(c2ccccc2F)C=C(c2ccccc2F)C(OC)C1. The maximum absolute atomic E-state index is 14.3. The smallest absolute Gasteiger partial charge is 0.131 e. The van der Waals surface area contributed by atoms with E-state index >= 15 is 0 Å². The van der Waals surface area contributed by atoms with E-state index in [2.05, 4.69) is 0 Å². The number of allylic oxidation sites excluding steroid dienone is 2. The van der Waals surface area contributed by atoms with Crippen molar-refractivity contribution in [3.63, 3.8) is 0 Å². The van der Waals surface area contributed by atoms with Crippen LogP contribution in [0.1, 0.15) is 31.4 Å². The molecule has 0 amide bonds. The molecular weight excluding hydrogens is 334 g/mol. The Morgan fingerprint density at radius 3 is 1.88 bits per heavy atom. The molecule has 2 aromatic carbocycles. The van der Waals surface area contributed by atoms with Crippen molar-refractivity contribution in [2.24, 2.45) is 0 Å². The van der Waals surface area contributed by atoms with Crippen LogP contribution in [-0.2, 0) is 9.47 Å². The van der Waals surface area contributed by atoms with Crippen molar-refractivity contribution in [1.82, 2.24) is 0 Å². The molecule has 2 aromatic rings. The summed E-state index contributed by atoms with van der Waals surface area (Å²) in [6, 6.07) is 13.0. The Morgan fingerprint density at radius 1 is 0.846 bits per heavy atom. The fourth-order valence-electron chi connectivity index (χ4n) is 2.97. The largest absolute Gasteiger partial charge is 0.500 e. The van der Waals surface area contributed by atoms with Crippen molar-refractivity contribution < 1.29 is 18.3 Å². The van der Waals surface area contributed by atoms with Gasteiger partial charge < -0.3 is 9.47 Å². The average Bonchev–Trinajstić information content (AvgIpc) is 2.69. The predicted octanol–water partition coefficient (Wildman–Crippen LogP) is 5.85. The third-order valence-electron chi connectivity index (χ3n) is 4.20. The van der Waals surface area contributed by atoms with Crippen LogP contribution < -0.4 is 0 Å². The van der Waals surface area contributed by atoms with Crippen LogP contribution in [0.25, 0.3) is 11.1 Å². The maximum Gasteiger partial charge on any atom is 0.131 e. The van der Waals surface area contributed by atoms with Crippen molar-refractivity contribution in [3.05, 3.63) is 83.1 Å². The highest BCUT2D eigenvalue weighted by molar-refractivity contribution is 5.88. The summed E-state index contributed by atoms with van der Waals surface area (Å²) >= 11 is 0. The van der Waals surface area contributed by atoms with Gasteiger partial charge in [-0.1, -0.05) is 50.2 Å². The molecule has 0 aliphatic heterocycles. The molecule has 0 saturated carbocycles. The lowest BCUT2D eigenvalue weighted by atomic mass is 9.87. The first-order valence-corrected chi connectivity index (χ1v) is 8.67. The van der Waals surface area contributed by atoms with E-state index in [0.717, 1.165) is 0 Å². The second-order valence-corrected chi connectivity index (χ2v) is 5.53. The summed E-state index contributed by atoms with van der Waals surface area (Å²) in [5.41, 5.74) is 2.17. The maximum atomic E-state index is 14.3. The molecule has 1 unspecified atom stereocenters. The summed E-state index contributed by atoms with van der Waals surface area (Å²) in [6.45, 7) is 4.00. The molecule has 0 fully saturated rings. The number of rotatable bonds is 4. The molecule has 0 N–H and O–H groups in total. The van der Waals surface area contributed by atoms with E-state index in [1.165, 1.54) is 12.1 Å². The van der Waals surface area contributed by atoms with Crippen molar-refractivity contribution >= 4 is 11.1 Å². The molecule has 0 saturated heterocycles. The molecule has 26 heavy (non-hydrogen) atoms. The predicted molar refractivity (Wildman–Crippen MR) is 101 cm³/mol. The molecular formula is C22H24F2O2. The Hall–Kier alpha value is -2.46. The molecule has 0 spiro atoms. The molecule has 1 aliphatic carbocycles. The zero-order valence-electron chi connectivity index (χ0n) is 15.6. The van der Waals surface area contributed by atoms with Gasteiger partial charge in [-0.3, -0.25) is 0 Å². The zero-order valence-corrected chi connectivity index (χ0v) is 15.6. The van der Waals surface area contributed by atoms with Crippen LogP contribution in [0.15, 0.2) is 60.4 Å². The first-order chi connectivity index (χ1) is 12.7. The van der Waals surface area contributed by atoms with Crippen LogP contribution in [0.5, 0.6) is 0 Å². The molecule has 1 atom stereocenters. The molecule has 0 radical (unpaired) electrons. The Labute approximate surface area is 153 Å². The van der Waals surface area contributed by atoms with E-state index < -0.39 is 0 Å². The monoisotopic (exact) mass is 358 g/mol. The first kappa shape index (κ1) is 19.9. The summed E-state index contributed by atoms with van der Waals surface area (Å²) in [5, 5.41) is 0. The van der Waals surface area contributed by atoms with Gasteiger partial charge in [-0.25, -0.2) is 8.78 Å². The lowest BCUT2D eigenvalue weighted by molar-refractivity contribution is 0.129. The molecule has 3 rings (SSSR count). The van der Waals surface area contributed by atoms with Gasteiger partial charge in [0.15, 0.2) is 0 Å². The number of benzene rings is 2. The van der Waals surface area contributed by atoms with Gasteiger partial charge in [0.1, 0.15) is 17.4 Å². The van der Waals surface area contributed by atoms with Gasteiger partial charge in [0, 0.05) is 30.2 Å². The van der Waals surface area contributed by atoms with Crippen LogP contribution in [0, 0.1) is 11.6 Å². The van der Waals surface area contributed by atoms with Gasteiger partial charge in [-0.15, -0.1) is 0 Å². The van der Waals surface area contributed by atoms with E-state index in [0.29, 0.717) is 34.5 Å². The fourth-order valence-corrected chi connectivity index (χ4v) is 2.97. The van der Waals surface area contributed by atoms with Crippen LogP contribution in [0.2, 0.25) is 0 Å². The van der Waals surface area contributed by atoms with Crippen molar-refractivity contribution in [1.29, 1.82) is 0 Å². The van der Waals surface area contributed by atoms with Gasteiger partial charge >= 0.3 is 0 Å². The number of hydrogen-bond acceptors (Lipinski definition) is 2. The molecule has 2 nitrogen and oxygen atoms in total. The zero-order chi connectivity index (χ0) is 19.1. The van der Waals surface area contributed by atoms with Crippen molar-refractivity contribution in [2.45, 2.75) is 26.4 Å². The molecule has 0 aromatic heterocycles. The molecule has 0 heterocycles. The van der Waals surface area contributed by atoms with Crippen LogP contribution in [-0.4, -0.2) is 20.3 Å². The number of halogens is 2. The second kappa shape index (κ2) is 9.30. The number of ether oxygens (including phenoxy) is 2. The summed E-state index contributed by atoms with van der Waals surface area (Å²) in [7, 11) is 3.12. The molecule has 1 aliphatic rings. The minimum Gasteiger partial charge on any atom is -0.500 e. The topological polar surface area (TPSA) is 18.5 Å². The van der Waals surface area contributed by atoms with E-state index in [-0.39, 0.29) is 17.7 Å². The highest BCUT2D eigenvalue weighted by atomic mass is 19.1. The quantitative estimate of drug-likeness (QED) is 0.682. The highest BCUT2D eigenvalue weighted by Gasteiger charge is 2.28. The summed E-state index contributed by atoms with van der Waals surface area (Å²) in [5.74, 6) is -0.0614. The molecule has 138 valence electrons. The summed E-state index contributed by atoms with van der Waals surface area (Å²) in [4.78, 5) is 0. The minimum atomic E-state index is -0.354. The Kier molecular flexibility index (Phi) is 7.10. The van der Waals surface area contributed by atoms with E-state index in [9.17, 15) is 8.78 Å². The van der Waals surface area contributed by atoms with Crippen molar-refractivity contribution in [2.75, 3.05) is 14.2 Å². The normalized spacial score (nSPS) is 16.5. The standard InChI is InChI=1S/C20H18F2O2.C2H6/c1-23-19-12-20(24-2)16(14-8-4-6-10-18(14)22)11-15(19)13-7-3-5-9-17(13)21;1-2/h3-11,19H,12H2,1-2H3;1-2H3. The lowest BCUT2D eigenvalue weighted by Gasteiger charge is -2.27. The molecule has 0 bridgehead atoms. The average molecular weight is 358 g/mol. The van der Waals surface area contributed by atoms with Gasteiger partial charge in [-0.2, -0.15) is 0 Å². The summed E-state index contributed by atoms with van der Waals surface area (Å²) < 4.78 is 39.5. The molecule has 4 heteroatoms. The Bertz CT molecular complexity index is 809. The fraction of sp³-hybridized carbons (Fsp3) is 0.273. The van der Waals surface area contributed by atoms with E-state index in [4.69, 9.17) is 9.47 Å².